The minimum absolute atomic E-state index is 0.0980. The average molecular weight is 258 g/mol. The molecule has 2 aliphatic carbocycles. The molecular weight excluding hydrogens is 234 g/mol. The second kappa shape index (κ2) is 5.60. The minimum Gasteiger partial charge on any atom is -0.349 e. The molecule has 0 spiro atoms. The monoisotopic (exact) mass is 257 g/mol. The molecule has 1 N–H and O–H groups in total. The summed E-state index contributed by atoms with van der Waals surface area (Å²) in [6.07, 6.45) is 9.27. The molecule has 17 heavy (non-hydrogen) atoms. The second-order valence-electron chi connectivity index (χ2n) is 5.98. The van der Waals surface area contributed by atoms with E-state index < -0.39 is 0 Å². The molecule has 2 saturated carbocycles. The molecular formula is C14H24ClNO. The number of carbonyl (C=O) groups is 1. The highest BCUT2D eigenvalue weighted by Gasteiger charge is 2.37. The summed E-state index contributed by atoms with van der Waals surface area (Å²) < 4.78 is 0. The number of amides is 1. The molecule has 0 heterocycles. The zero-order chi connectivity index (χ0) is 12.3. The van der Waals surface area contributed by atoms with Gasteiger partial charge in [0.25, 0.3) is 0 Å². The highest BCUT2D eigenvalue weighted by Crippen LogP contribution is 2.34. The lowest BCUT2D eigenvalue weighted by atomic mass is 9.82. The summed E-state index contributed by atoms with van der Waals surface area (Å²) in [4.78, 5) is 12.3. The smallest absolute Gasteiger partial charge is 0.223 e. The van der Waals surface area contributed by atoms with Crippen LogP contribution in [-0.4, -0.2) is 17.3 Å². The first-order valence-electron chi connectivity index (χ1n) is 7.05. The standard InChI is InChI=1S/C14H24ClNO/c1-11-6-5-7-12(11)13(17)16-14(10-15)8-3-2-4-9-14/h11-12H,2-10H2,1H3,(H,16,17). The Labute approximate surface area is 109 Å². The summed E-state index contributed by atoms with van der Waals surface area (Å²) in [6, 6.07) is 0. The molecule has 2 atom stereocenters. The fraction of sp³-hybridized carbons (Fsp3) is 0.929. The van der Waals surface area contributed by atoms with Crippen LogP contribution in [0.5, 0.6) is 0 Å². The van der Waals surface area contributed by atoms with E-state index in [4.69, 9.17) is 11.6 Å². The molecule has 0 radical (unpaired) electrons. The third-order valence-electron chi connectivity index (χ3n) is 4.65. The highest BCUT2D eigenvalue weighted by atomic mass is 35.5. The maximum absolute atomic E-state index is 12.3. The van der Waals surface area contributed by atoms with Crippen molar-refractivity contribution in [3.05, 3.63) is 0 Å². The van der Waals surface area contributed by atoms with Crippen LogP contribution in [-0.2, 0) is 4.79 Å². The van der Waals surface area contributed by atoms with Crippen LogP contribution >= 0.6 is 11.6 Å². The van der Waals surface area contributed by atoms with Gasteiger partial charge in [0.05, 0.1) is 5.54 Å². The number of nitrogens with one attached hydrogen (secondary N) is 1. The van der Waals surface area contributed by atoms with E-state index in [1.165, 1.54) is 32.1 Å². The molecule has 2 rings (SSSR count). The Morgan fingerprint density at radius 1 is 1.24 bits per heavy atom. The molecule has 0 saturated heterocycles. The molecule has 0 aromatic carbocycles. The quantitative estimate of drug-likeness (QED) is 0.771. The Morgan fingerprint density at radius 2 is 1.94 bits per heavy atom. The van der Waals surface area contributed by atoms with Gasteiger partial charge >= 0.3 is 0 Å². The molecule has 98 valence electrons. The van der Waals surface area contributed by atoms with Crippen LogP contribution in [0.25, 0.3) is 0 Å². The van der Waals surface area contributed by atoms with E-state index in [9.17, 15) is 4.79 Å². The molecule has 0 aromatic heterocycles. The minimum atomic E-state index is -0.0980. The first-order valence-corrected chi connectivity index (χ1v) is 7.58. The Hall–Kier alpha value is -0.240. The van der Waals surface area contributed by atoms with E-state index in [1.54, 1.807) is 0 Å². The highest BCUT2D eigenvalue weighted by molar-refractivity contribution is 6.18. The van der Waals surface area contributed by atoms with Gasteiger partial charge in [-0.3, -0.25) is 4.79 Å². The predicted octanol–water partition coefficient (Wildman–Crippen LogP) is 3.48. The van der Waals surface area contributed by atoms with Crippen LogP contribution in [0.3, 0.4) is 0 Å². The van der Waals surface area contributed by atoms with Gasteiger partial charge in [0.15, 0.2) is 0 Å². The molecule has 0 bridgehead atoms. The third-order valence-corrected chi connectivity index (χ3v) is 5.16. The van der Waals surface area contributed by atoms with Crippen LogP contribution in [0.4, 0.5) is 0 Å². The van der Waals surface area contributed by atoms with Gasteiger partial charge < -0.3 is 5.32 Å². The van der Waals surface area contributed by atoms with Crippen LogP contribution < -0.4 is 5.32 Å². The second-order valence-corrected chi connectivity index (χ2v) is 6.25. The number of alkyl halides is 1. The van der Waals surface area contributed by atoms with E-state index in [-0.39, 0.29) is 17.4 Å². The van der Waals surface area contributed by atoms with Gasteiger partial charge in [-0.15, -0.1) is 11.6 Å². The van der Waals surface area contributed by atoms with Crippen molar-refractivity contribution in [2.45, 2.75) is 63.8 Å². The first-order chi connectivity index (χ1) is 8.17. The van der Waals surface area contributed by atoms with Gasteiger partial charge in [-0.1, -0.05) is 32.6 Å². The zero-order valence-electron chi connectivity index (χ0n) is 10.8. The number of rotatable bonds is 3. The van der Waals surface area contributed by atoms with Crippen molar-refractivity contribution < 1.29 is 4.79 Å². The van der Waals surface area contributed by atoms with Crippen molar-refractivity contribution in [3.8, 4) is 0 Å². The first kappa shape index (κ1) is 13.2. The maximum Gasteiger partial charge on any atom is 0.223 e. The largest absolute Gasteiger partial charge is 0.349 e. The third kappa shape index (κ3) is 2.96. The van der Waals surface area contributed by atoms with Gasteiger partial charge in [0.1, 0.15) is 0 Å². The number of carbonyl (C=O) groups excluding carboxylic acids is 1. The lowest BCUT2D eigenvalue weighted by molar-refractivity contribution is -0.128. The van der Waals surface area contributed by atoms with Crippen LogP contribution in [0.2, 0.25) is 0 Å². The number of halogens is 1. The van der Waals surface area contributed by atoms with Gasteiger partial charge in [-0.2, -0.15) is 0 Å². The van der Waals surface area contributed by atoms with Crippen LogP contribution in [0, 0.1) is 11.8 Å². The van der Waals surface area contributed by atoms with Crippen molar-refractivity contribution in [1.29, 1.82) is 0 Å². The van der Waals surface area contributed by atoms with Crippen molar-refractivity contribution in [2.24, 2.45) is 11.8 Å². The Kier molecular flexibility index (Phi) is 4.35. The van der Waals surface area contributed by atoms with E-state index in [0.29, 0.717) is 11.8 Å². The molecule has 0 aromatic rings. The summed E-state index contributed by atoms with van der Waals surface area (Å²) in [5, 5.41) is 3.28. The Bertz CT molecular complexity index is 273. The molecule has 2 aliphatic rings. The fourth-order valence-electron chi connectivity index (χ4n) is 3.41. The van der Waals surface area contributed by atoms with Crippen molar-refractivity contribution in [2.75, 3.05) is 5.88 Å². The zero-order valence-corrected chi connectivity index (χ0v) is 11.6. The van der Waals surface area contributed by atoms with Crippen molar-refractivity contribution in [3.63, 3.8) is 0 Å². The van der Waals surface area contributed by atoms with Crippen LogP contribution in [0.1, 0.15) is 58.3 Å². The van der Waals surface area contributed by atoms with Gasteiger partial charge in [0.2, 0.25) is 5.91 Å². The summed E-state index contributed by atoms with van der Waals surface area (Å²) in [6.45, 7) is 2.20. The van der Waals surface area contributed by atoms with E-state index in [1.807, 2.05) is 0 Å². The van der Waals surface area contributed by atoms with Crippen molar-refractivity contribution >= 4 is 17.5 Å². The molecule has 2 fully saturated rings. The lowest BCUT2D eigenvalue weighted by Crippen LogP contribution is -2.53. The van der Waals surface area contributed by atoms with Gasteiger partial charge in [0, 0.05) is 11.8 Å². The summed E-state index contributed by atoms with van der Waals surface area (Å²) in [5.41, 5.74) is -0.0980. The van der Waals surface area contributed by atoms with Gasteiger partial charge in [-0.05, 0) is 31.6 Å². The van der Waals surface area contributed by atoms with E-state index >= 15 is 0 Å². The topological polar surface area (TPSA) is 29.1 Å². The number of hydrogen-bond acceptors (Lipinski definition) is 1. The number of hydrogen-bond donors (Lipinski definition) is 1. The van der Waals surface area contributed by atoms with E-state index in [0.717, 1.165) is 19.3 Å². The van der Waals surface area contributed by atoms with Gasteiger partial charge in [-0.25, -0.2) is 0 Å². The maximum atomic E-state index is 12.3. The van der Waals surface area contributed by atoms with Crippen LogP contribution in [0.15, 0.2) is 0 Å². The summed E-state index contributed by atoms with van der Waals surface area (Å²) >= 11 is 6.11. The Balaban J connectivity index is 1.95. The molecule has 2 unspecified atom stereocenters. The normalized spacial score (nSPS) is 32.4. The van der Waals surface area contributed by atoms with E-state index in [2.05, 4.69) is 12.2 Å². The average Bonchev–Trinajstić information content (AvgIpc) is 2.77. The summed E-state index contributed by atoms with van der Waals surface area (Å²) in [5.74, 6) is 1.61. The lowest BCUT2D eigenvalue weighted by Gasteiger charge is -2.37. The Morgan fingerprint density at radius 3 is 2.47 bits per heavy atom. The molecule has 3 heteroatoms. The SMILES string of the molecule is CC1CCCC1C(=O)NC1(CCl)CCCCC1. The molecule has 1 amide bonds. The van der Waals surface area contributed by atoms with Crippen molar-refractivity contribution in [1.82, 2.24) is 5.32 Å². The molecule has 0 aliphatic heterocycles. The molecule has 2 nitrogen and oxygen atoms in total. The fourth-order valence-corrected chi connectivity index (χ4v) is 3.74. The predicted molar refractivity (Wildman–Crippen MR) is 71.2 cm³/mol. The summed E-state index contributed by atoms with van der Waals surface area (Å²) in [7, 11) is 0.